The summed E-state index contributed by atoms with van der Waals surface area (Å²) in [5.74, 6) is 0. The highest BCUT2D eigenvalue weighted by molar-refractivity contribution is 9.12. The van der Waals surface area contributed by atoms with E-state index < -0.39 is 0 Å². The number of allylic oxidation sites excluding steroid dienone is 8. The van der Waals surface area contributed by atoms with E-state index >= 15 is 0 Å². The van der Waals surface area contributed by atoms with Crippen molar-refractivity contribution in [3.05, 3.63) is 44.4 Å². The smallest absolute Gasteiger partial charge is 0.173 e. The quantitative estimate of drug-likeness (QED) is 0.264. The van der Waals surface area contributed by atoms with Gasteiger partial charge in [-0.05, 0) is 93.0 Å². The van der Waals surface area contributed by atoms with E-state index in [9.17, 15) is 0 Å². The number of hydrogen-bond acceptors (Lipinski definition) is 8. The minimum atomic E-state index is 0.501. The molecule has 0 spiro atoms. The van der Waals surface area contributed by atoms with Crippen LogP contribution in [0.1, 0.15) is 32.1 Å². The Labute approximate surface area is 196 Å². The molecule has 2 rings (SSSR count). The van der Waals surface area contributed by atoms with Gasteiger partial charge in [-0.15, -0.1) is 0 Å². The lowest BCUT2D eigenvalue weighted by atomic mass is 9.94. The van der Waals surface area contributed by atoms with Crippen molar-refractivity contribution in [3.8, 4) is 24.8 Å². The van der Waals surface area contributed by atoms with E-state index in [0.29, 0.717) is 44.7 Å². The highest BCUT2D eigenvalue weighted by Gasteiger charge is 2.17. The fourth-order valence-electron chi connectivity index (χ4n) is 2.99. The van der Waals surface area contributed by atoms with Crippen molar-refractivity contribution in [2.75, 3.05) is 0 Å². The van der Waals surface area contributed by atoms with E-state index in [1.807, 2.05) is 0 Å². The lowest BCUT2D eigenvalue weighted by Gasteiger charge is -2.14. The van der Waals surface area contributed by atoms with Gasteiger partial charge in [0.2, 0.25) is 24.8 Å². The van der Waals surface area contributed by atoms with Crippen LogP contribution < -0.4 is 0 Å². The maximum absolute atomic E-state index is 8.92. The molecule has 0 saturated heterocycles. The van der Waals surface area contributed by atoms with E-state index in [0.717, 1.165) is 30.4 Å². The molecule has 8 nitrogen and oxygen atoms in total. The molecule has 2 aliphatic rings. The van der Waals surface area contributed by atoms with Crippen molar-refractivity contribution in [2.45, 2.75) is 32.1 Å². The Balaban J connectivity index is 2.01. The molecule has 0 aromatic rings. The highest BCUT2D eigenvalue weighted by Crippen LogP contribution is 2.25. The Morgan fingerprint density at radius 3 is 1.26 bits per heavy atom. The first-order chi connectivity index (χ1) is 15.0. The summed E-state index contributed by atoms with van der Waals surface area (Å²) in [4.78, 5) is 15.2. The Morgan fingerprint density at radius 2 is 0.903 bits per heavy atom. The Bertz CT molecular complexity index is 1070. The summed E-state index contributed by atoms with van der Waals surface area (Å²) in [5.41, 5.74) is 3.80. The van der Waals surface area contributed by atoms with Gasteiger partial charge in [0, 0.05) is 8.96 Å². The molecule has 0 fully saturated rings. The standard InChI is InChI=1S/C21H14Br2N8/c22-16-8-18(28-10-24)14(6-20(16)30-12-26)4-2-1-3-5-15-7-21(31-13-27)17(23)9-19(15)29-11-25/h6-9H,1-5H2. The van der Waals surface area contributed by atoms with Crippen LogP contribution in [0.3, 0.4) is 0 Å². The monoisotopic (exact) mass is 536 g/mol. The van der Waals surface area contributed by atoms with Gasteiger partial charge in [0.15, 0.2) is 0 Å². The Kier molecular flexibility index (Phi) is 9.46. The number of nitriles is 4. The van der Waals surface area contributed by atoms with Crippen LogP contribution in [0.5, 0.6) is 0 Å². The lowest BCUT2D eigenvalue weighted by molar-refractivity contribution is 0.686. The summed E-state index contributed by atoms with van der Waals surface area (Å²) in [6.07, 6.45) is 17.9. The minimum absolute atomic E-state index is 0.501. The number of nitrogens with zero attached hydrogens (tertiary/aromatic N) is 8. The van der Waals surface area contributed by atoms with Gasteiger partial charge < -0.3 is 0 Å². The number of aliphatic imine (C=N–C) groups is 4. The topological polar surface area (TPSA) is 145 Å². The van der Waals surface area contributed by atoms with E-state index in [1.165, 1.54) is 0 Å². The molecule has 0 N–H and O–H groups in total. The van der Waals surface area contributed by atoms with Crippen LogP contribution in [0.15, 0.2) is 64.4 Å². The van der Waals surface area contributed by atoms with Crippen LogP contribution in [0.25, 0.3) is 0 Å². The molecule has 0 heterocycles. The summed E-state index contributed by atoms with van der Waals surface area (Å²) in [5, 5.41) is 35.5. The molecular formula is C21H14Br2N8. The van der Waals surface area contributed by atoms with Crippen molar-refractivity contribution < 1.29 is 0 Å². The molecular weight excluding hydrogens is 524 g/mol. The lowest BCUT2D eigenvalue weighted by Crippen LogP contribution is -2.12. The molecule has 0 aliphatic heterocycles. The van der Waals surface area contributed by atoms with Gasteiger partial charge in [0.25, 0.3) is 0 Å². The van der Waals surface area contributed by atoms with Gasteiger partial charge in [-0.25, -0.2) is 0 Å². The summed E-state index contributed by atoms with van der Waals surface area (Å²) in [6.45, 7) is 0. The molecule has 10 heteroatoms. The zero-order valence-corrected chi connectivity index (χ0v) is 19.4. The van der Waals surface area contributed by atoms with Gasteiger partial charge in [0.1, 0.15) is 0 Å². The minimum Gasteiger partial charge on any atom is -0.173 e. The van der Waals surface area contributed by atoms with Gasteiger partial charge in [-0.3, -0.25) is 0 Å². The first-order valence-electron chi connectivity index (χ1n) is 9.08. The van der Waals surface area contributed by atoms with Crippen LogP contribution in [-0.2, 0) is 0 Å². The highest BCUT2D eigenvalue weighted by atomic mass is 79.9. The van der Waals surface area contributed by atoms with Crippen LogP contribution in [0.2, 0.25) is 0 Å². The third kappa shape index (κ3) is 6.79. The van der Waals surface area contributed by atoms with E-state index in [2.05, 4.69) is 51.8 Å². The molecule has 152 valence electrons. The van der Waals surface area contributed by atoms with Crippen molar-refractivity contribution in [1.29, 1.82) is 21.0 Å². The zero-order valence-electron chi connectivity index (χ0n) is 16.2. The largest absolute Gasteiger partial charge is 0.206 e. The molecule has 2 aliphatic carbocycles. The Morgan fingerprint density at radius 1 is 0.548 bits per heavy atom. The molecule has 0 saturated carbocycles. The molecule has 0 radical (unpaired) electrons. The summed E-state index contributed by atoms with van der Waals surface area (Å²) >= 11 is 6.67. The molecule has 0 bridgehead atoms. The van der Waals surface area contributed by atoms with Gasteiger partial charge in [-0.1, -0.05) is 6.42 Å². The predicted molar refractivity (Wildman–Crippen MR) is 125 cm³/mol. The average molecular weight is 538 g/mol. The SMILES string of the molecule is N#CN=C1C=C(CCCCCC2=CC(=NC#N)C(Br)=CC2=NC#N)C(=NC#N)C=C1Br. The molecule has 0 aromatic heterocycles. The third-order valence-electron chi connectivity index (χ3n) is 4.37. The molecule has 0 atom stereocenters. The Hall–Kier alpha value is -3.44. The molecule has 0 amide bonds. The molecule has 31 heavy (non-hydrogen) atoms. The van der Waals surface area contributed by atoms with Crippen molar-refractivity contribution in [1.82, 2.24) is 0 Å². The first-order valence-corrected chi connectivity index (χ1v) is 10.7. The number of unbranched alkanes of at least 4 members (excludes halogenated alkanes) is 2. The predicted octanol–water partition coefficient (Wildman–Crippen LogP) is 5.06. The maximum Gasteiger partial charge on any atom is 0.206 e. The second kappa shape index (κ2) is 12.3. The summed E-state index contributed by atoms with van der Waals surface area (Å²) in [6, 6.07) is 0. The van der Waals surface area contributed by atoms with Crippen molar-refractivity contribution in [3.63, 3.8) is 0 Å². The van der Waals surface area contributed by atoms with Crippen LogP contribution >= 0.6 is 31.9 Å². The number of rotatable bonds is 6. The van der Waals surface area contributed by atoms with Gasteiger partial charge in [0.05, 0.1) is 22.8 Å². The number of hydrogen-bond donors (Lipinski definition) is 0. The van der Waals surface area contributed by atoms with Crippen molar-refractivity contribution in [2.24, 2.45) is 20.0 Å². The van der Waals surface area contributed by atoms with Gasteiger partial charge in [-0.2, -0.15) is 41.0 Å². The van der Waals surface area contributed by atoms with Crippen LogP contribution in [0.4, 0.5) is 0 Å². The van der Waals surface area contributed by atoms with E-state index in [-0.39, 0.29) is 0 Å². The zero-order chi connectivity index (χ0) is 22.6. The van der Waals surface area contributed by atoms with E-state index in [1.54, 1.807) is 49.1 Å². The second-order valence-corrected chi connectivity index (χ2v) is 7.98. The first kappa shape index (κ1) is 23.8. The van der Waals surface area contributed by atoms with Crippen LogP contribution in [0, 0.1) is 45.8 Å². The normalized spacial score (nSPS) is 20.8. The summed E-state index contributed by atoms with van der Waals surface area (Å²) < 4.78 is 1.21. The fraction of sp³-hybridized carbons (Fsp3) is 0.238. The second-order valence-electron chi connectivity index (χ2n) is 6.27. The van der Waals surface area contributed by atoms with Crippen molar-refractivity contribution >= 4 is 54.7 Å². The molecule has 0 aromatic carbocycles. The van der Waals surface area contributed by atoms with E-state index in [4.69, 9.17) is 21.0 Å². The van der Waals surface area contributed by atoms with Crippen LogP contribution in [-0.4, -0.2) is 22.8 Å². The number of halogens is 2. The fourth-order valence-corrected chi connectivity index (χ4v) is 3.83. The summed E-state index contributed by atoms with van der Waals surface area (Å²) in [7, 11) is 0. The molecule has 0 unspecified atom stereocenters. The maximum atomic E-state index is 8.92. The third-order valence-corrected chi connectivity index (χ3v) is 5.64. The average Bonchev–Trinajstić information content (AvgIpc) is 2.74. The van der Waals surface area contributed by atoms with Gasteiger partial charge >= 0.3 is 0 Å².